The molecular formula is C18H21N3O4. The molecule has 0 aliphatic carbocycles. The largest absolute Gasteiger partial charge is 0.493 e. The van der Waals surface area contributed by atoms with E-state index >= 15 is 0 Å². The summed E-state index contributed by atoms with van der Waals surface area (Å²) in [4.78, 5) is 33.1. The van der Waals surface area contributed by atoms with Crippen molar-refractivity contribution in [1.29, 1.82) is 0 Å². The number of aryl methyl sites for hydroxylation is 1. The van der Waals surface area contributed by atoms with Gasteiger partial charge in [0.05, 0.1) is 13.2 Å². The van der Waals surface area contributed by atoms with Gasteiger partial charge in [-0.2, -0.15) is 0 Å². The van der Waals surface area contributed by atoms with Crippen LogP contribution in [0.3, 0.4) is 0 Å². The molecular weight excluding hydrogens is 322 g/mol. The number of hydrogen-bond donors (Lipinski definition) is 1. The third-order valence-electron chi connectivity index (χ3n) is 4.20. The predicted octanol–water partition coefficient (Wildman–Crippen LogP) is 1.83. The van der Waals surface area contributed by atoms with Gasteiger partial charge in [-0.25, -0.2) is 4.98 Å². The van der Waals surface area contributed by atoms with Crippen molar-refractivity contribution in [2.45, 2.75) is 25.8 Å². The molecule has 25 heavy (non-hydrogen) atoms. The molecule has 1 atom stereocenters. The van der Waals surface area contributed by atoms with Gasteiger partial charge in [0.15, 0.2) is 18.1 Å². The zero-order chi connectivity index (χ0) is 17.8. The molecule has 1 aromatic carbocycles. The van der Waals surface area contributed by atoms with Crippen molar-refractivity contribution in [2.75, 3.05) is 20.3 Å². The topological polar surface area (TPSA) is 84.5 Å². The first-order chi connectivity index (χ1) is 12.1. The number of ether oxygens (including phenoxy) is 2. The molecule has 0 spiro atoms. The number of nitrogens with one attached hydrogen (secondary N) is 1. The van der Waals surface area contributed by atoms with Gasteiger partial charge in [-0.05, 0) is 31.9 Å². The number of benzene rings is 1. The zero-order valence-corrected chi connectivity index (χ0v) is 14.3. The number of aromatic amines is 1. The summed E-state index contributed by atoms with van der Waals surface area (Å²) in [6.45, 7) is 2.30. The fourth-order valence-electron chi connectivity index (χ4n) is 3.07. The Labute approximate surface area is 145 Å². The minimum atomic E-state index is -0.221. The van der Waals surface area contributed by atoms with Crippen LogP contribution in [0.25, 0.3) is 0 Å². The standard InChI is InChI=1S/C18H21N3O4/c1-12-10-16(22)20-18(19-12)13-6-5-9-21(13)17(23)11-25-15-8-4-3-7-14(15)24-2/h3-4,7-8,10,13H,5-6,9,11H2,1-2H3,(H,19,20,22)/t13-/m0/s1. The van der Waals surface area contributed by atoms with E-state index in [-0.39, 0.29) is 24.1 Å². The summed E-state index contributed by atoms with van der Waals surface area (Å²) >= 11 is 0. The van der Waals surface area contributed by atoms with E-state index < -0.39 is 0 Å². The van der Waals surface area contributed by atoms with Crippen molar-refractivity contribution in [2.24, 2.45) is 0 Å². The first-order valence-corrected chi connectivity index (χ1v) is 8.21. The van der Waals surface area contributed by atoms with Gasteiger partial charge in [0, 0.05) is 18.3 Å². The van der Waals surface area contributed by atoms with E-state index in [1.165, 1.54) is 6.07 Å². The molecule has 1 saturated heterocycles. The van der Waals surface area contributed by atoms with Crippen molar-refractivity contribution in [3.05, 3.63) is 52.2 Å². The Bertz CT molecular complexity index is 818. The van der Waals surface area contributed by atoms with Gasteiger partial charge in [-0.1, -0.05) is 12.1 Å². The van der Waals surface area contributed by atoms with Crippen LogP contribution in [0.1, 0.15) is 30.4 Å². The molecule has 0 unspecified atom stereocenters. The molecule has 7 heteroatoms. The Morgan fingerprint density at radius 1 is 1.36 bits per heavy atom. The average molecular weight is 343 g/mol. The summed E-state index contributed by atoms with van der Waals surface area (Å²) in [6.07, 6.45) is 1.63. The molecule has 1 aliphatic heterocycles. The average Bonchev–Trinajstić information content (AvgIpc) is 3.09. The zero-order valence-electron chi connectivity index (χ0n) is 14.3. The monoisotopic (exact) mass is 343 g/mol. The van der Waals surface area contributed by atoms with Gasteiger partial charge in [-0.15, -0.1) is 0 Å². The van der Waals surface area contributed by atoms with E-state index in [1.54, 1.807) is 31.1 Å². The minimum Gasteiger partial charge on any atom is -0.493 e. The number of carbonyl (C=O) groups excluding carboxylic acids is 1. The number of likely N-dealkylation sites (tertiary alicyclic amines) is 1. The van der Waals surface area contributed by atoms with Gasteiger partial charge in [0.1, 0.15) is 5.82 Å². The second kappa shape index (κ2) is 7.38. The van der Waals surface area contributed by atoms with Crippen LogP contribution in [-0.2, 0) is 4.79 Å². The number of aromatic nitrogens is 2. The second-order valence-corrected chi connectivity index (χ2v) is 5.96. The molecule has 132 valence electrons. The smallest absolute Gasteiger partial charge is 0.261 e. The highest BCUT2D eigenvalue weighted by Gasteiger charge is 2.32. The summed E-state index contributed by atoms with van der Waals surface area (Å²) in [5.41, 5.74) is 0.440. The number of para-hydroxylation sites is 2. The lowest BCUT2D eigenvalue weighted by Gasteiger charge is -2.24. The van der Waals surface area contributed by atoms with Crippen LogP contribution in [0.5, 0.6) is 11.5 Å². The summed E-state index contributed by atoms with van der Waals surface area (Å²) in [6, 6.07) is 8.41. The van der Waals surface area contributed by atoms with Gasteiger partial charge < -0.3 is 19.4 Å². The van der Waals surface area contributed by atoms with Crippen molar-refractivity contribution in [3.63, 3.8) is 0 Å². The van der Waals surface area contributed by atoms with E-state index in [9.17, 15) is 9.59 Å². The molecule has 1 N–H and O–H groups in total. The number of methoxy groups -OCH3 is 1. The number of nitrogens with zero attached hydrogens (tertiary/aromatic N) is 2. The van der Waals surface area contributed by atoms with Gasteiger partial charge >= 0.3 is 0 Å². The maximum atomic E-state index is 12.6. The van der Waals surface area contributed by atoms with E-state index in [0.29, 0.717) is 29.6 Å². The summed E-state index contributed by atoms with van der Waals surface area (Å²) in [5, 5.41) is 0. The lowest BCUT2D eigenvalue weighted by molar-refractivity contribution is -0.134. The highest BCUT2D eigenvalue weighted by molar-refractivity contribution is 5.78. The van der Waals surface area contributed by atoms with Crippen molar-refractivity contribution >= 4 is 5.91 Å². The Kier molecular flexibility index (Phi) is 5.02. The normalized spacial score (nSPS) is 16.7. The molecule has 1 fully saturated rings. The first kappa shape index (κ1) is 17.0. The van der Waals surface area contributed by atoms with Crippen LogP contribution >= 0.6 is 0 Å². The Morgan fingerprint density at radius 3 is 2.84 bits per heavy atom. The van der Waals surface area contributed by atoms with E-state index in [1.807, 2.05) is 12.1 Å². The van der Waals surface area contributed by atoms with Crippen molar-refractivity contribution < 1.29 is 14.3 Å². The number of rotatable bonds is 5. The molecule has 1 aliphatic rings. The first-order valence-electron chi connectivity index (χ1n) is 8.21. The summed E-state index contributed by atoms with van der Waals surface area (Å²) in [5.74, 6) is 1.50. The molecule has 3 rings (SSSR count). The summed E-state index contributed by atoms with van der Waals surface area (Å²) in [7, 11) is 1.56. The quantitative estimate of drug-likeness (QED) is 0.895. The van der Waals surface area contributed by atoms with Crippen molar-refractivity contribution in [3.8, 4) is 11.5 Å². The molecule has 0 bridgehead atoms. The Hall–Kier alpha value is -2.83. The van der Waals surface area contributed by atoms with Crippen LogP contribution in [-0.4, -0.2) is 41.0 Å². The number of hydrogen-bond acceptors (Lipinski definition) is 5. The highest BCUT2D eigenvalue weighted by atomic mass is 16.5. The lowest BCUT2D eigenvalue weighted by atomic mass is 10.2. The maximum Gasteiger partial charge on any atom is 0.261 e. The van der Waals surface area contributed by atoms with Crippen LogP contribution in [0.15, 0.2) is 35.1 Å². The molecule has 1 amide bonds. The summed E-state index contributed by atoms with van der Waals surface area (Å²) < 4.78 is 10.8. The minimum absolute atomic E-state index is 0.0904. The molecule has 7 nitrogen and oxygen atoms in total. The van der Waals surface area contributed by atoms with Gasteiger partial charge in [0.2, 0.25) is 0 Å². The fraction of sp³-hybridized carbons (Fsp3) is 0.389. The lowest BCUT2D eigenvalue weighted by Crippen LogP contribution is -2.35. The molecule has 0 radical (unpaired) electrons. The third kappa shape index (κ3) is 3.81. The number of H-pyrrole nitrogens is 1. The number of carbonyl (C=O) groups is 1. The molecule has 1 aromatic heterocycles. The van der Waals surface area contributed by atoms with Crippen LogP contribution < -0.4 is 15.0 Å². The van der Waals surface area contributed by atoms with Crippen molar-refractivity contribution in [1.82, 2.24) is 14.9 Å². The van der Waals surface area contributed by atoms with Crippen LogP contribution in [0.2, 0.25) is 0 Å². The second-order valence-electron chi connectivity index (χ2n) is 5.96. The van der Waals surface area contributed by atoms with E-state index in [4.69, 9.17) is 9.47 Å². The molecule has 2 aromatic rings. The maximum absolute atomic E-state index is 12.6. The fourth-order valence-corrected chi connectivity index (χ4v) is 3.07. The van der Waals surface area contributed by atoms with E-state index in [0.717, 1.165) is 12.8 Å². The Balaban J connectivity index is 1.71. The van der Waals surface area contributed by atoms with Gasteiger partial charge in [-0.3, -0.25) is 9.59 Å². The number of amides is 1. The van der Waals surface area contributed by atoms with E-state index in [2.05, 4.69) is 9.97 Å². The van der Waals surface area contributed by atoms with Gasteiger partial charge in [0.25, 0.3) is 11.5 Å². The SMILES string of the molecule is COc1ccccc1OCC(=O)N1CCC[C@H]1c1nc(C)cc(=O)[nH]1. The van der Waals surface area contributed by atoms with Crippen LogP contribution in [0.4, 0.5) is 0 Å². The highest BCUT2D eigenvalue weighted by Crippen LogP contribution is 2.30. The molecule has 0 saturated carbocycles. The Morgan fingerprint density at radius 2 is 2.12 bits per heavy atom. The third-order valence-corrected chi connectivity index (χ3v) is 4.20. The predicted molar refractivity (Wildman–Crippen MR) is 91.8 cm³/mol. The van der Waals surface area contributed by atoms with Crippen LogP contribution in [0, 0.1) is 6.92 Å². The molecule has 2 heterocycles.